The van der Waals surface area contributed by atoms with Crippen LogP contribution in [0, 0.1) is 21.0 Å². The number of halogens is 5. The van der Waals surface area contributed by atoms with Crippen LogP contribution in [0.2, 0.25) is 5.02 Å². The van der Waals surface area contributed by atoms with Gasteiger partial charge in [0, 0.05) is 9.13 Å². The number of aliphatic hydroxyl groups is 1. The van der Waals surface area contributed by atoms with Gasteiger partial charge in [0.25, 0.3) is 0 Å². The van der Waals surface area contributed by atoms with Gasteiger partial charge in [0.15, 0.2) is 17.5 Å². The van der Waals surface area contributed by atoms with E-state index in [1.807, 2.05) is 22.6 Å². The molecule has 0 aromatic heterocycles. The molecule has 0 aliphatic rings. The van der Waals surface area contributed by atoms with Crippen molar-refractivity contribution in [2.45, 2.75) is 6.10 Å². The zero-order valence-corrected chi connectivity index (χ0v) is 12.2. The summed E-state index contributed by atoms with van der Waals surface area (Å²) in [4.78, 5) is 0. The van der Waals surface area contributed by atoms with Crippen molar-refractivity contribution in [2.24, 2.45) is 0 Å². The van der Waals surface area contributed by atoms with Crippen LogP contribution in [0.5, 0.6) is 0 Å². The molecular formula is C13H7ClF3IO. The molecule has 1 atom stereocenters. The topological polar surface area (TPSA) is 20.2 Å². The van der Waals surface area contributed by atoms with Crippen molar-refractivity contribution in [1.82, 2.24) is 0 Å². The molecule has 6 heteroatoms. The molecule has 2 aromatic carbocycles. The lowest BCUT2D eigenvalue weighted by Crippen LogP contribution is -2.06. The van der Waals surface area contributed by atoms with Crippen molar-refractivity contribution in [2.75, 3.05) is 0 Å². The SMILES string of the molecule is OC(c1ccc(I)c(Cl)c1)c1ccc(F)c(F)c1F. The average Bonchev–Trinajstić information content (AvgIpc) is 2.39. The Morgan fingerprint density at radius 3 is 2.37 bits per heavy atom. The Balaban J connectivity index is 2.47. The molecule has 0 amide bonds. The van der Waals surface area contributed by atoms with E-state index in [1.54, 1.807) is 12.1 Å². The highest BCUT2D eigenvalue weighted by Gasteiger charge is 2.20. The molecule has 1 nitrogen and oxygen atoms in total. The molecule has 19 heavy (non-hydrogen) atoms. The molecule has 0 radical (unpaired) electrons. The zero-order valence-electron chi connectivity index (χ0n) is 9.30. The highest BCUT2D eigenvalue weighted by atomic mass is 127. The Morgan fingerprint density at radius 1 is 1.05 bits per heavy atom. The lowest BCUT2D eigenvalue weighted by molar-refractivity contribution is 0.212. The van der Waals surface area contributed by atoms with Crippen LogP contribution in [0.4, 0.5) is 13.2 Å². The largest absolute Gasteiger partial charge is 0.384 e. The summed E-state index contributed by atoms with van der Waals surface area (Å²) in [5.74, 6) is -4.30. The van der Waals surface area contributed by atoms with Gasteiger partial charge >= 0.3 is 0 Å². The van der Waals surface area contributed by atoms with E-state index < -0.39 is 23.6 Å². The number of hydrogen-bond acceptors (Lipinski definition) is 1. The summed E-state index contributed by atoms with van der Waals surface area (Å²) in [6.07, 6.45) is -1.41. The molecule has 0 heterocycles. The fraction of sp³-hybridized carbons (Fsp3) is 0.0769. The minimum absolute atomic E-state index is 0.301. The van der Waals surface area contributed by atoms with E-state index >= 15 is 0 Å². The van der Waals surface area contributed by atoms with Crippen molar-refractivity contribution in [3.05, 3.63) is 67.5 Å². The molecule has 2 aromatic rings. The van der Waals surface area contributed by atoms with Crippen molar-refractivity contribution in [3.63, 3.8) is 0 Å². The number of rotatable bonds is 2. The minimum atomic E-state index is -1.60. The second kappa shape index (κ2) is 5.68. The lowest BCUT2D eigenvalue weighted by Gasteiger charge is -2.13. The molecule has 0 aliphatic carbocycles. The molecule has 0 bridgehead atoms. The first-order valence-corrected chi connectivity index (χ1v) is 6.64. The standard InChI is InChI=1S/C13H7ClF3IO/c14-8-5-6(1-4-10(8)18)13(19)7-2-3-9(15)12(17)11(7)16/h1-5,13,19H. The maximum Gasteiger partial charge on any atom is 0.194 e. The third kappa shape index (κ3) is 2.88. The predicted molar refractivity (Wildman–Crippen MR) is 74.5 cm³/mol. The third-order valence-electron chi connectivity index (χ3n) is 2.62. The van der Waals surface area contributed by atoms with Crippen molar-refractivity contribution >= 4 is 34.2 Å². The van der Waals surface area contributed by atoms with E-state index in [0.717, 1.165) is 15.7 Å². The van der Waals surface area contributed by atoms with Gasteiger partial charge in [-0.2, -0.15) is 0 Å². The van der Waals surface area contributed by atoms with Gasteiger partial charge in [0.2, 0.25) is 0 Å². The van der Waals surface area contributed by atoms with Gasteiger partial charge in [-0.1, -0.05) is 23.7 Å². The Bertz CT molecular complexity index is 634. The molecule has 0 aliphatic heterocycles. The predicted octanol–water partition coefficient (Wildman–Crippen LogP) is 4.44. The van der Waals surface area contributed by atoms with E-state index in [2.05, 4.69) is 0 Å². The first-order chi connectivity index (χ1) is 8.91. The minimum Gasteiger partial charge on any atom is -0.384 e. The molecule has 0 fully saturated rings. The first-order valence-electron chi connectivity index (χ1n) is 5.18. The quantitative estimate of drug-likeness (QED) is 0.586. The van der Waals surface area contributed by atoms with E-state index in [9.17, 15) is 18.3 Å². The summed E-state index contributed by atoms with van der Waals surface area (Å²) in [6, 6.07) is 6.41. The molecule has 100 valence electrons. The van der Waals surface area contributed by atoms with Gasteiger partial charge in [0.1, 0.15) is 6.10 Å². The smallest absolute Gasteiger partial charge is 0.194 e. The van der Waals surface area contributed by atoms with Crippen LogP contribution in [-0.2, 0) is 0 Å². The molecule has 1 N–H and O–H groups in total. The van der Waals surface area contributed by atoms with E-state index in [0.29, 0.717) is 10.6 Å². The summed E-state index contributed by atoms with van der Waals surface area (Å²) in [7, 11) is 0. The van der Waals surface area contributed by atoms with Gasteiger partial charge < -0.3 is 5.11 Å². The fourth-order valence-corrected chi connectivity index (χ4v) is 2.14. The Morgan fingerprint density at radius 2 is 1.74 bits per heavy atom. The summed E-state index contributed by atoms with van der Waals surface area (Å²) in [5, 5.41) is 10.4. The molecule has 0 saturated carbocycles. The normalized spacial score (nSPS) is 12.5. The summed E-state index contributed by atoms with van der Waals surface area (Å²) >= 11 is 7.89. The zero-order chi connectivity index (χ0) is 14.2. The monoisotopic (exact) mass is 398 g/mol. The highest BCUT2D eigenvalue weighted by molar-refractivity contribution is 14.1. The van der Waals surface area contributed by atoms with Crippen molar-refractivity contribution in [1.29, 1.82) is 0 Å². The molecule has 0 saturated heterocycles. The van der Waals surface area contributed by atoms with Gasteiger partial charge in [-0.15, -0.1) is 0 Å². The molecule has 2 rings (SSSR count). The van der Waals surface area contributed by atoms with Crippen LogP contribution < -0.4 is 0 Å². The maximum absolute atomic E-state index is 13.6. The Hall–Kier alpha value is -0.790. The Kier molecular flexibility index (Phi) is 4.37. The van der Waals surface area contributed by atoms with Crippen LogP contribution in [0.1, 0.15) is 17.2 Å². The maximum atomic E-state index is 13.6. The summed E-state index contributed by atoms with van der Waals surface area (Å²) in [5.41, 5.74) is -0.0356. The van der Waals surface area contributed by atoms with Gasteiger partial charge in [0.05, 0.1) is 5.02 Å². The number of benzene rings is 2. The van der Waals surface area contributed by atoms with Gasteiger partial charge in [-0.25, -0.2) is 13.2 Å². The average molecular weight is 399 g/mol. The van der Waals surface area contributed by atoms with Crippen LogP contribution in [-0.4, -0.2) is 5.11 Å². The highest BCUT2D eigenvalue weighted by Crippen LogP contribution is 2.29. The summed E-state index contributed by atoms with van der Waals surface area (Å²) in [6.45, 7) is 0. The second-order valence-corrected chi connectivity index (χ2v) is 5.41. The van der Waals surface area contributed by atoms with Crippen molar-refractivity contribution < 1.29 is 18.3 Å². The van der Waals surface area contributed by atoms with Crippen LogP contribution in [0.25, 0.3) is 0 Å². The first kappa shape index (κ1) is 14.6. The van der Waals surface area contributed by atoms with Gasteiger partial charge in [-0.05, 0) is 46.4 Å². The van der Waals surface area contributed by atoms with E-state index in [4.69, 9.17) is 11.6 Å². The van der Waals surface area contributed by atoms with Gasteiger partial charge in [-0.3, -0.25) is 0 Å². The van der Waals surface area contributed by atoms with E-state index in [1.165, 1.54) is 6.07 Å². The van der Waals surface area contributed by atoms with E-state index in [-0.39, 0.29) is 5.56 Å². The second-order valence-electron chi connectivity index (χ2n) is 3.84. The van der Waals surface area contributed by atoms with Crippen molar-refractivity contribution in [3.8, 4) is 0 Å². The number of hydrogen-bond donors (Lipinski definition) is 1. The molecule has 0 spiro atoms. The van der Waals surface area contributed by atoms with Crippen LogP contribution in [0.15, 0.2) is 30.3 Å². The molecular weight excluding hydrogens is 391 g/mol. The number of aliphatic hydroxyl groups excluding tert-OH is 1. The fourth-order valence-electron chi connectivity index (χ4n) is 1.61. The Labute approximate surface area is 126 Å². The third-order valence-corrected chi connectivity index (χ3v) is 4.19. The summed E-state index contributed by atoms with van der Waals surface area (Å²) < 4.78 is 40.3. The van der Waals surface area contributed by atoms with Crippen LogP contribution in [0.3, 0.4) is 0 Å². The van der Waals surface area contributed by atoms with Crippen LogP contribution >= 0.6 is 34.2 Å². The lowest BCUT2D eigenvalue weighted by atomic mass is 10.0. The molecule has 1 unspecified atom stereocenters.